The van der Waals surface area contributed by atoms with Gasteiger partial charge in [-0.1, -0.05) is 60.1 Å². The van der Waals surface area contributed by atoms with Crippen LogP contribution in [0.25, 0.3) is 0 Å². The molecule has 0 saturated carbocycles. The third kappa shape index (κ3) is 3.89. The van der Waals surface area contributed by atoms with Gasteiger partial charge in [-0.05, 0) is 35.4 Å². The first kappa shape index (κ1) is 20.0. The van der Waals surface area contributed by atoms with Gasteiger partial charge in [-0.3, -0.25) is 9.59 Å². The van der Waals surface area contributed by atoms with Gasteiger partial charge in [-0.25, -0.2) is 0 Å². The van der Waals surface area contributed by atoms with Crippen molar-refractivity contribution in [1.29, 1.82) is 0 Å². The van der Waals surface area contributed by atoms with Crippen molar-refractivity contribution >= 4 is 23.4 Å². The average Bonchev–Trinajstić information content (AvgIpc) is 3.04. The van der Waals surface area contributed by atoms with Gasteiger partial charge in [0.25, 0.3) is 5.91 Å². The molecule has 0 radical (unpaired) electrons. The fourth-order valence-electron chi connectivity index (χ4n) is 3.78. The number of carbonyl (C=O) groups excluding carboxylic acids is 2. The SMILES string of the molecule is COc1ccccc1CNC(=O)[C@@H]1c2ccccc2C(=O)N1Cc1cccc(Cl)c1. The van der Waals surface area contributed by atoms with E-state index in [2.05, 4.69) is 5.32 Å². The Morgan fingerprint density at radius 2 is 1.83 bits per heavy atom. The smallest absolute Gasteiger partial charge is 0.255 e. The normalized spacial score (nSPS) is 15.1. The quantitative estimate of drug-likeness (QED) is 0.644. The fraction of sp³-hybridized carbons (Fsp3) is 0.167. The van der Waals surface area contributed by atoms with Crippen LogP contribution in [0.15, 0.2) is 72.8 Å². The van der Waals surface area contributed by atoms with Crippen LogP contribution in [-0.4, -0.2) is 23.8 Å². The molecule has 3 aromatic rings. The highest BCUT2D eigenvalue weighted by atomic mass is 35.5. The lowest BCUT2D eigenvalue weighted by atomic mass is 10.0. The molecule has 0 fully saturated rings. The highest BCUT2D eigenvalue weighted by Gasteiger charge is 2.40. The summed E-state index contributed by atoms with van der Waals surface area (Å²) in [5.41, 5.74) is 3.00. The van der Waals surface area contributed by atoms with E-state index in [-0.39, 0.29) is 11.8 Å². The number of methoxy groups -OCH3 is 1. The topological polar surface area (TPSA) is 58.6 Å². The highest BCUT2D eigenvalue weighted by molar-refractivity contribution is 6.30. The van der Waals surface area contributed by atoms with E-state index in [1.165, 1.54) is 0 Å². The molecule has 5 nitrogen and oxygen atoms in total. The summed E-state index contributed by atoms with van der Waals surface area (Å²) >= 11 is 6.11. The van der Waals surface area contributed by atoms with Gasteiger partial charge in [0.05, 0.1) is 7.11 Å². The van der Waals surface area contributed by atoms with E-state index in [0.717, 1.165) is 11.1 Å². The van der Waals surface area contributed by atoms with Gasteiger partial charge in [0.1, 0.15) is 11.8 Å². The molecule has 1 heterocycles. The lowest BCUT2D eigenvalue weighted by Crippen LogP contribution is -2.38. The van der Waals surface area contributed by atoms with Crippen LogP contribution in [-0.2, 0) is 17.9 Å². The number of hydrogen-bond acceptors (Lipinski definition) is 3. The van der Waals surface area contributed by atoms with Crippen LogP contribution in [0.2, 0.25) is 5.02 Å². The maximum atomic E-state index is 13.2. The molecule has 0 unspecified atom stereocenters. The van der Waals surface area contributed by atoms with Crippen molar-refractivity contribution in [3.63, 3.8) is 0 Å². The summed E-state index contributed by atoms with van der Waals surface area (Å²) in [6.07, 6.45) is 0. The number of para-hydroxylation sites is 1. The number of fused-ring (bicyclic) bond motifs is 1. The largest absolute Gasteiger partial charge is 0.496 e. The third-order valence-electron chi connectivity index (χ3n) is 5.19. The van der Waals surface area contributed by atoms with E-state index in [9.17, 15) is 9.59 Å². The second-order valence-corrected chi connectivity index (χ2v) is 7.52. The van der Waals surface area contributed by atoms with Gasteiger partial charge in [0.15, 0.2) is 0 Å². The standard InChI is InChI=1S/C24H21ClN2O3/c1-30-21-12-5-2-8-17(21)14-26-23(28)22-19-10-3-4-11-20(19)24(29)27(22)15-16-7-6-9-18(25)13-16/h2-13,22H,14-15H2,1H3,(H,26,28)/t22-/m0/s1. The molecule has 0 aromatic heterocycles. The predicted octanol–water partition coefficient (Wildman–Crippen LogP) is 4.36. The van der Waals surface area contributed by atoms with Crippen LogP contribution in [0.5, 0.6) is 5.75 Å². The first-order chi connectivity index (χ1) is 14.6. The first-order valence-electron chi connectivity index (χ1n) is 9.62. The summed E-state index contributed by atoms with van der Waals surface area (Å²) in [6, 6.07) is 21.4. The van der Waals surface area contributed by atoms with Gasteiger partial charge in [-0.2, -0.15) is 0 Å². The molecule has 0 saturated heterocycles. The zero-order valence-corrected chi connectivity index (χ0v) is 17.2. The summed E-state index contributed by atoms with van der Waals surface area (Å²) in [4.78, 5) is 27.9. The van der Waals surface area contributed by atoms with Crippen LogP contribution >= 0.6 is 11.6 Å². The van der Waals surface area contributed by atoms with Crippen molar-refractivity contribution in [2.45, 2.75) is 19.1 Å². The van der Waals surface area contributed by atoms with E-state index < -0.39 is 6.04 Å². The van der Waals surface area contributed by atoms with Gasteiger partial charge >= 0.3 is 0 Å². The molecule has 1 N–H and O–H groups in total. The highest BCUT2D eigenvalue weighted by Crippen LogP contribution is 2.35. The van der Waals surface area contributed by atoms with Crippen molar-refractivity contribution in [3.05, 3.63) is 100 Å². The number of rotatable bonds is 6. The Bertz CT molecular complexity index is 1100. The average molecular weight is 421 g/mol. The predicted molar refractivity (Wildman–Crippen MR) is 115 cm³/mol. The second kappa shape index (κ2) is 8.59. The molecule has 152 valence electrons. The molecule has 0 aliphatic carbocycles. The summed E-state index contributed by atoms with van der Waals surface area (Å²) in [5, 5.41) is 3.56. The minimum Gasteiger partial charge on any atom is -0.496 e. The molecular weight excluding hydrogens is 400 g/mol. The van der Waals surface area contributed by atoms with Crippen molar-refractivity contribution in [2.75, 3.05) is 7.11 Å². The zero-order valence-electron chi connectivity index (χ0n) is 16.5. The number of benzene rings is 3. The van der Waals surface area contributed by atoms with Gasteiger partial charge in [0, 0.05) is 29.2 Å². The van der Waals surface area contributed by atoms with Gasteiger partial charge in [0.2, 0.25) is 5.91 Å². The van der Waals surface area contributed by atoms with Gasteiger partial charge in [-0.15, -0.1) is 0 Å². The molecule has 1 atom stereocenters. The van der Waals surface area contributed by atoms with Crippen LogP contribution in [0.3, 0.4) is 0 Å². The Morgan fingerprint density at radius 3 is 2.63 bits per heavy atom. The lowest BCUT2D eigenvalue weighted by molar-refractivity contribution is -0.125. The monoisotopic (exact) mass is 420 g/mol. The molecule has 6 heteroatoms. The maximum absolute atomic E-state index is 13.2. The Kier molecular flexibility index (Phi) is 5.72. The molecule has 0 bridgehead atoms. The number of nitrogens with zero attached hydrogens (tertiary/aromatic N) is 1. The van der Waals surface area contributed by atoms with E-state index in [1.54, 1.807) is 24.1 Å². The Labute approximate surface area is 180 Å². The minimum atomic E-state index is -0.706. The molecule has 0 spiro atoms. The summed E-state index contributed by atoms with van der Waals surface area (Å²) in [7, 11) is 1.60. The van der Waals surface area contributed by atoms with E-state index >= 15 is 0 Å². The number of halogens is 1. The summed E-state index contributed by atoms with van der Waals surface area (Å²) in [6.45, 7) is 0.599. The number of ether oxygens (including phenoxy) is 1. The maximum Gasteiger partial charge on any atom is 0.255 e. The third-order valence-corrected chi connectivity index (χ3v) is 5.43. The van der Waals surface area contributed by atoms with Crippen LogP contribution in [0.4, 0.5) is 0 Å². The molecule has 30 heavy (non-hydrogen) atoms. The Balaban J connectivity index is 1.60. The van der Waals surface area contributed by atoms with E-state index in [1.807, 2.05) is 60.7 Å². The number of hydrogen-bond donors (Lipinski definition) is 1. The number of amides is 2. The van der Waals surface area contributed by atoms with Gasteiger partial charge < -0.3 is 15.0 Å². The fourth-order valence-corrected chi connectivity index (χ4v) is 3.99. The Morgan fingerprint density at radius 1 is 1.07 bits per heavy atom. The molecule has 2 amide bonds. The van der Waals surface area contributed by atoms with E-state index in [4.69, 9.17) is 16.3 Å². The van der Waals surface area contributed by atoms with Crippen LogP contribution in [0, 0.1) is 0 Å². The number of carbonyl (C=O) groups is 2. The molecule has 1 aliphatic heterocycles. The summed E-state index contributed by atoms with van der Waals surface area (Å²) < 4.78 is 5.36. The van der Waals surface area contributed by atoms with Crippen molar-refractivity contribution < 1.29 is 14.3 Å². The molecule has 4 rings (SSSR count). The van der Waals surface area contributed by atoms with E-state index in [0.29, 0.717) is 35.0 Å². The summed E-state index contributed by atoms with van der Waals surface area (Å²) in [5.74, 6) is 0.306. The molecular formula is C24H21ClN2O3. The van der Waals surface area contributed by atoms with Crippen LogP contribution < -0.4 is 10.1 Å². The van der Waals surface area contributed by atoms with Crippen molar-refractivity contribution in [1.82, 2.24) is 10.2 Å². The second-order valence-electron chi connectivity index (χ2n) is 7.08. The first-order valence-corrected chi connectivity index (χ1v) is 10.00. The molecule has 3 aromatic carbocycles. The van der Waals surface area contributed by atoms with Crippen molar-refractivity contribution in [2.24, 2.45) is 0 Å². The Hall–Kier alpha value is -3.31. The lowest BCUT2D eigenvalue weighted by Gasteiger charge is -2.25. The number of nitrogens with one attached hydrogen (secondary N) is 1. The van der Waals surface area contributed by atoms with Crippen LogP contribution in [0.1, 0.15) is 33.1 Å². The van der Waals surface area contributed by atoms with Crippen molar-refractivity contribution in [3.8, 4) is 5.75 Å². The molecule has 1 aliphatic rings. The minimum absolute atomic E-state index is 0.164. The zero-order chi connectivity index (χ0) is 21.1.